The highest BCUT2D eigenvalue weighted by Crippen LogP contribution is 2.27. The van der Waals surface area contributed by atoms with Crippen LogP contribution in [0, 0.1) is 10.1 Å². The largest absolute Gasteiger partial charge is 0.459 e. The molecule has 1 heterocycles. The molecule has 7 nitrogen and oxygen atoms in total. The molecule has 2 N–H and O–H groups in total. The number of aliphatic hydroxyl groups is 1. The minimum Gasteiger partial charge on any atom is -0.459 e. The average molecular weight is 373 g/mol. The van der Waals surface area contributed by atoms with E-state index in [9.17, 15) is 14.9 Å². The SMILES string of the molecule is O=C(Nc1cccc(-c2ccc(CO)o2)c1)c1ccc([N+](=O)[O-])cc1Cl. The molecular weight excluding hydrogens is 360 g/mol. The minimum absolute atomic E-state index is 0.00789. The standard InChI is InChI=1S/C18H13ClN2O5/c19-16-9-13(21(24)25)4-6-15(16)18(23)20-12-3-1-2-11(8-12)17-7-5-14(10-22)26-17/h1-9,22H,10H2,(H,20,23). The van der Waals surface area contributed by atoms with E-state index in [0.717, 1.165) is 11.6 Å². The van der Waals surface area contributed by atoms with E-state index in [4.69, 9.17) is 21.1 Å². The Labute approximate surface area is 153 Å². The van der Waals surface area contributed by atoms with E-state index < -0.39 is 10.8 Å². The minimum atomic E-state index is -0.582. The van der Waals surface area contributed by atoms with E-state index in [1.165, 1.54) is 12.1 Å². The predicted octanol–water partition coefficient (Wildman–Crippen LogP) is 4.25. The van der Waals surface area contributed by atoms with Gasteiger partial charge in [0.2, 0.25) is 0 Å². The number of anilines is 1. The van der Waals surface area contributed by atoms with Gasteiger partial charge < -0.3 is 14.8 Å². The first-order valence-corrected chi connectivity index (χ1v) is 7.91. The van der Waals surface area contributed by atoms with Crippen molar-refractivity contribution in [2.45, 2.75) is 6.61 Å². The van der Waals surface area contributed by atoms with Crippen LogP contribution in [0.3, 0.4) is 0 Å². The molecule has 0 radical (unpaired) electrons. The Hall–Kier alpha value is -3.16. The third-order valence-corrected chi connectivity index (χ3v) is 3.94. The number of aliphatic hydroxyl groups excluding tert-OH is 1. The van der Waals surface area contributed by atoms with Gasteiger partial charge in [-0.3, -0.25) is 14.9 Å². The first kappa shape index (κ1) is 17.7. The van der Waals surface area contributed by atoms with Gasteiger partial charge in [-0.15, -0.1) is 0 Å². The van der Waals surface area contributed by atoms with Crippen molar-refractivity contribution in [1.29, 1.82) is 0 Å². The van der Waals surface area contributed by atoms with Crippen molar-refractivity contribution in [2.24, 2.45) is 0 Å². The van der Waals surface area contributed by atoms with Gasteiger partial charge in [0.05, 0.1) is 15.5 Å². The summed E-state index contributed by atoms with van der Waals surface area (Å²) in [6.07, 6.45) is 0. The maximum atomic E-state index is 12.4. The molecule has 0 spiro atoms. The van der Waals surface area contributed by atoms with Crippen molar-refractivity contribution in [2.75, 3.05) is 5.32 Å². The Kier molecular flexibility index (Phi) is 5.01. The van der Waals surface area contributed by atoms with Crippen molar-refractivity contribution in [1.82, 2.24) is 0 Å². The van der Waals surface area contributed by atoms with Crippen LogP contribution in [0.25, 0.3) is 11.3 Å². The second-order valence-electron chi connectivity index (χ2n) is 5.38. The number of carbonyl (C=O) groups is 1. The molecule has 0 fully saturated rings. The number of benzene rings is 2. The number of amides is 1. The lowest BCUT2D eigenvalue weighted by Gasteiger charge is -2.08. The lowest BCUT2D eigenvalue weighted by molar-refractivity contribution is -0.384. The first-order chi connectivity index (χ1) is 12.5. The maximum Gasteiger partial charge on any atom is 0.270 e. The summed E-state index contributed by atoms with van der Waals surface area (Å²) in [6.45, 7) is -0.199. The predicted molar refractivity (Wildman–Crippen MR) is 96.1 cm³/mol. The van der Waals surface area contributed by atoms with Crippen molar-refractivity contribution >= 4 is 28.9 Å². The van der Waals surface area contributed by atoms with Crippen LogP contribution in [0.15, 0.2) is 59.0 Å². The fraction of sp³-hybridized carbons (Fsp3) is 0.0556. The number of carbonyl (C=O) groups excluding carboxylic acids is 1. The Bertz CT molecular complexity index is 983. The summed E-state index contributed by atoms with van der Waals surface area (Å²) in [4.78, 5) is 22.6. The molecule has 3 aromatic rings. The number of non-ortho nitro benzene ring substituents is 1. The second kappa shape index (κ2) is 7.38. The zero-order valence-corrected chi connectivity index (χ0v) is 14.1. The van der Waals surface area contributed by atoms with Crippen LogP contribution in [0.1, 0.15) is 16.1 Å². The highest BCUT2D eigenvalue weighted by molar-refractivity contribution is 6.34. The summed E-state index contributed by atoms with van der Waals surface area (Å²) >= 11 is 5.98. The van der Waals surface area contributed by atoms with Gasteiger partial charge in [0.25, 0.3) is 11.6 Å². The number of hydrogen-bond acceptors (Lipinski definition) is 5. The van der Waals surface area contributed by atoms with Crippen LogP contribution in [-0.4, -0.2) is 15.9 Å². The number of furan rings is 1. The molecule has 3 rings (SSSR count). The molecule has 0 aliphatic carbocycles. The van der Waals surface area contributed by atoms with E-state index in [-0.39, 0.29) is 22.9 Å². The number of nitrogens with zero attached hydrogens (tertiary/aromatic N) is 1. The van der Waals surface area contributed by atoms with Crippen molar-refractivity contribution in [3.05, 3.63) is 81.1 Å². The van der Waals surface area contributed by atoms with E-state index in [1.807, 2.05) is 0 Å². The van der Waals surface area contributed by atoms with Gasteiger partial charge in [-0.25, -0.2) is 0 Å². The lowest BCUT2D eigenvalue weighted by atomic mass is 10.1. The second-order valence-corrected chi connectivity index (χ2v) is 5.79. The Morgan fingerprint density at radius 1 is 1.19 bits per heavy atom. The number of rotatable bonds is 5. The number of hydrogen-bond donors (Lipinski definition) is 2. The molecule has 132 valence electrons. The van der Waals surface area contributed by atoms with E-state index in [2.05, 4.69) is 5.32 Å². The Morgan fingerprint density at radius 3 is 2.65 bits per heavy atom. The highest BCUT2D eigenvalue weighted by atomic mass is 35.5. The Balaban J connectivity index is 1.81. The van der Waals surface area contributed by atoms with Gasteiger partial charge in [0.15, 0.2) is 0 Å². The highest BCUT2D eigenvalue weighted by Gasteiger charge is 2.15. The molecule has 1 aromatic heterocycles. The Morgan fingerprint density at radius 2 is 2.00 bits per heavy atom. The van der Waals surface area contributed by atoms with E-state index in [0.29, 0.717) is 17.2 Å². The van der Waals surface area contributed by atoms with Crippen LogP contribution < -0.4 is 5.32 Å². The summed E-state index contributed by atoms with van der Waals surface area (Å²) in [7, 11) is 0. The first-order valence-electron chi connectivity index (χ1n) is 7.53. The number of nitro groups is 1. The van der Waals surface area contributed by atoms with Crippen LogP contribution in [-0.2, 0) is 6.61 Å². The van der Waals surface area contributed by atoms with Crippen LogP contribution in [0.4, 0.5) is 11.4 Å². The van der Waals surface area contributed by atoms with Crippen LogP contribution >= 0.6 is 11.6 Å². The number of nitrogens with one attached hydrogen (secondary N) is 1. The number of nitro benzene ring substituents is 1. The van der Waals surface area contributed by atoms with Gasteiger partial charge >= 0.3 is 0 Å². The lowest BCUT2D eigenvalue weighted by Crippen LogP contribution is -2.12. The molecule has 0 unspecified atom stereocenters. The zero-order chi connectivity index (χ0) is 18.7. The average Bonchev–Trinajstić information content (AvgIpc) is 3.11. The third-order valence-electron chi connectivity index (χ3n) is 3.63. The molecular formula is C18H13ClN2O5. The van der Waals surface area contributed by atoms with Gasteiger partial charge in [0.1, 0.15) is 18.1 Å². The quantitative estimate of drug-likeness (QED) is 0.514. The van der Waals surface area contributed by atoms with Gasteiger partial charge in [-0.05, 0) is 30.3 Å². The monoisotopic (exact) mass is 372 g/mol. The molecule has 2 aromatic carbocycles. The molecule has 8 heteroatoms. The molecule has 0 bridgehead atoms. The molecule has 0 aliphatic rings. The molecule has 0 saturated carbocycles. The van der Waals surface area contributed by atoms with Gasteiger partial charge in [0, 0.05) is 23.4 Å². The third kappa shape index (κ3) is 3.74. The van der Waals surface area contributed by atoms with Crippen molar-refractivity contribution in [3.8, 4) is 11.3 Å². The summed E-state index contributed by atoms with van der Waals surface area (Å²) in [5.74, 6) is 0.503. The van der Waals surface area contributed by atoms with Crippen molar-refractivity contribution < 1.29 is 19.2 Å². The summed E-state index contributed by atoms with van der Waals surface area (Å²) in [5, 5.41) is 22.5. The van der Waals surface area contributed by atoms with Crippen LogP contribution in [0.2, 0.25) is 5.02 Å². The summed E-state index contributed by atoms with van der Waals surface area (Å²) < 4.78 is 5.47. The fourth-order valence-electron chi connectivity index (χ4n) is 2.37. The smallest absolute Gasteiger partial charge is 0.270 e. The van der Waals surface area contributed by atoms with E-state index in [1.54, 1.807) is 36.4 Å². The van der Waals surface area contributed by atoms with E-state index >= 15 is 0 Å². The van der Waals surface area contributed by atoms with Crippen LogP contribution in [0.5, 0.6) is 0 Å². The summed E-state index contributed by atoms with van der Waals surface area (Å²) in [5.41, 5.74) is 1.16. The zero-order valence-electron chi connectivity index (χ0n) is 13.3. The topological polar surface area (TPSA) is 106 Å². The summed E-state index contributed by atoms with van der Waals surface area (Å²) in [6, 6.07) is 14.0. The normalized spacial score (nSPS) is 10.5. The van der Waals surface area contributed by atoms with Gasteiger partial charge in [-0.2, -0.15) is 0 Å². The molecule has 0 aliphatic heterocycles. The van der Waals surface area contributed by atoms with Crippen molar-refractivity contribution in [3.63, 3.8) is 0 Å². The fourth-order valence-corrected chi connectivity index (χ4v) is 2.63. The molecule has 0 atom stereocenters. The molecule has 1 amide bonds. The molecule has 0 saturated heterocycles. The number of halogens is 1. The maximum absolute atomic E-state index is 12.4. The molecule has 26 heavy (non-hydrogen) atoms. The van der Waals surface area contributed by atoms with Gasteiger partial charge in [-0.1, -0.05) is 23.7 Å².